The van der Waals surface area contributed by atoms with Gasteiger partial charge in [-0.25, -0.2) is 4.39 Å². The standard InChI is InChI=1S/C11H11FN2O2/c1-16-7-8-6-11(15)14(13-8)10-5-3-2-4-9(10)12/h2-5H,6-7H2,1H3. The second-order valence-electron chi connectivity index (χ2n) is 3.43. The average molecular weight is 222 g/mol. The molecule has 0 saturated heterocycles. The van der Waals surface area contributed by atoms with Crippen LogP contribution in [0.1, 0.15) is 6.42 Å². The fourth-order valence-electron chi connectivity index (χ4n) is 1.54. The molecule has 0 unspecified atom stereocenters. The van der Waals surface area contributed by atoms with Crippen molar-refractivity contribution in [2.75, 3.05) is 18.7 Å². The van der Waals surface area contributed by atoms with Gasteiger partial charge < -0.3 is 4.74 Å². The number of hydrazone groups is 1. The van der Waals surface area contributed by atoms with Crippen LogP contribution in [0.2, 0.25) is 0 Å². The first-order chi connectivity index (χ1) is 7.72. The Balaban J connectivity index is 2.28. The molecule has 0 saturated carbocycles. The number of nitrogens with zero attached hydrogens (tertiary/aromatic N) is 2. The Hall–Kier alpha value is -1.75. The molecule has 1 amide bonds. The van der Waals surface area contributed by atoms with Gasteiger partial charge in [-0.2, -0.15) is 10.1 Å². The van der Waals surface area contributed by atoms with Crippen molar-refractivity contribution in [3.63, 3.8) is 0 Å². The first-order valence-electron chi connectivity index (χ1n) is 4.85. The minimum absolute atomic E-state index is 0.179. The number of anilines is 1. The summed E-state index contributed by atoms with van der Waals surface area (Å²) < 4.78 is 18.3. The first kappa shape index (κ1) is 10.8. The number of ether oxygens (including phenoxy) is 1. The van der Waals surface area contributed by atoms with E-state index in [9.17, 15) is 9.18 Å². The van der Waals surface area contributed by atoms with Gasteiger partial charge in [0.1, 0.15) is 11.5 Å². The Labute approximate surface area is 92.3 Å². The highest BCUT2D eigenvalue weighted by molar-refractivity contribution is 6.13. The third-order valence-corrected chi connectivity index (χ3v) is 2.22. The summed E-state index contributed by atoms with van der Waals surface area (Å²) in [5.74, 6) is -0.699. The van der Waals surface area contributed by atoms with E-state index in [2.05, 4.69) is 5.10 Å². The normalized spacial score (nSPS) is 15.5. The van der Waals surface area contributed by atoms with Gasteiger partial charge in [-0.05, 0) is 12.1 Å². The van der Waals surface area contributed by atoms with Crippen molar-refractivity contribution in [3.05, 3.63) is 30.1 Å². The highest BCUT2D eigenvalue weighted by atomic mass is 19.1. The molecule has 0 atom stereocenters. The SMILES string of the molecule is COCC1=NN(c2ccccc2F)C(=O)C1. The second kappa shape index (κ2) is 4.40. The maximum atomic E-state index is 13.4. The van der Waals surface area contributed by atoms with Gasteiger partial charge in [0.05, 0.1) is 18.7 Å². The molecule has 1 heterocycles. The Morgan fingerprint density at radius 1 is 1.50 bits per heavy atom. The van der Waals surface area contributed by atoms with E-state index in [4.69, 9.17) is 4.74 Å². The third kappa shape index (κ3) is 1.94. The van der Waals surface area contributed by atoms with Gasteiger partial charge in [-0.1, -0.05) is 12.1 Å². The molecule has 84 valence electrons. The number of para-hydroxylation sites is 1. The molecule has 0 radical (unpaired) electrons. The van der Waals surface area contributed by atoms with Crippen molar-refractivity contribution < 1.29 is 13.9 Å². The second-order valence-corrected chi connectivity index (χ2v) is 3.43. The molecular weight excluding hydrogens is 211 g/mol. The number of hydrogen-bond acceptors (Lipinski definition) is 3. The third-order valence-electron chi connectivity index (χ3n) is 2.22. The van der Waals surface area contributed by atoms with E-state index >= 15 is 0 Å². The van der Waals surface area contributed by atoms with Crippen LogP contribution in [-0.2, 0) is 9.53 Å². The number of hydrogen-bond donors (Lipinski definition) is 0. The zero-order valence-electron chi connectivity index (χ0n) is 8.81. The topological polar surface area (TPSA) is 41.9 Å². The molecule has 1 aromatic rings. The number of carbonyl (C=O) groups excluding carboxylic acids is 1. The van der Waals surface area contributed by atoms with Crippen LogP contribution in [0, 0.1) is 5.82 Å². The molecule has 2 rings (SSSR count). The van der Waals surface area contributed by atoms with Crippen molar-refractivity contribution in [1.29, 1.82) is 0 Å². The molecule has 16 heavy (non-hydrogen) atoms. The van der Waals surface area contributed by atoms with Crippen LogP contribution in [0.4, 0.5) is 10.1 Å². The van der Waals surface area contributed by atoms with Gasteiger partial charge in [0, 0.05) is 7.11 Å². The van der Waals surface area contributed by atoms with Crippen molar-refractivity contribution >= 4 is 17.3 Å². The van der Waals surface area contributed by atoms with Gasteiger partial charge in [0.15, 0.2) is 0 Å². The van der Waals surface area contributed by atoms with Crippen molar-refractivity contribution in [2.45, 2.75) is 6.42 Å². The number of rotatable bonds is 3. The van der Waals surface area contributed by atoms with E-state index in [0.29, 0.717) is 5.71 Å². The highest BCUT2D eigenvalue weighted by Gasteiger charge is 2.26. The molecule has 0 bridgehead atoms. The number of benzene rings is 1. The monoisotopic (exact) mass is 222 g/mol. The van der Waals surface area contributed by atoms with E-state index in [1.807, 2.05) is 0 Å². The zero-order chi connectivity index (χ0) is 11.5. The minimum atomic E-state index is -0.460. The van der Waals surface area contributed by atoms with Gasteiger partial charge >= 0.3 is 0 Å². The molecular formula is C11H11FN2O2. The largest absolute Gasteiger partial charge is 0.379 e. The zero-order valence-corrected chi connectivity index (χ0v) is 8.81. The van der Waals surface area contributed by atoms with Gasteiger partial charge in [-0.3, -0.25) is 4.79 Å². The Morgan fingerprint density at radius 3 is 2.94 bits per heavy atom. The summed E-state index contributed by atoms with van der Waals surface area (Å²) in [6, 6.07) is 6.05. The average Bonchev–Trinajstić information content (AvgIpc) is 2.61. The molecule has 0 aromatic heterocycles. The van der Waals surface area contributed by atoms with Gasteiger partial charge in [0.25, 0.3) is 5.91 Å². The molecule has 5 heteroatoms. The predicted molar refractivity (Wildman–Crippen MR) is 57.8 cm³/mol. The fourth-order valence-corrected chi connectivity index (χ4v) is 1.54. The first-order valence-corrected chi connectivity index (χ1v) is 4.85. The molecule has 1 aromatic carbocycles. The minimum Gasteiger partial charge on any atom is -0.379 e. The summed E-state index contributed by atoms with van der Waals surface area (Å²) in [5.41, 5.74) is 0.786. The van der Waals surface area contributed by atoms with Gasteiger partial charge in [-0.15, -0.1) is 0 Å². The van der Waals surface area contributed by atoms with Crippen LogP contribution in [0.5, 0.6) is 0 Å². The van der Waals surface area contributed by atoms with Gasteiger partial charge in [0.2, 0.25) is 0 Å². The quantitative estimate of drug-likeness (QED) is 0.778. The van der Waals surface area contributed by atoms with Crippen LogP contribution >= 0.6 is 0 Å². The van der Waals surface area contributed by atoms with Crippen LogP contribution in [0.25, 0.3) is 0 Å². The summed E-state index contributed by atoms with van der Waals surface area (Å²) in [5, 5.41) is 5.11. The fraction of sp³-hybridized carbons (Fsp3) is 0.273. The van der Waals surface area contributed by atoms with Crippen LogP contribution in [0.15, 0.2) is 29.4 Å². The lowest BCUT2D eigenvalue weighted by Crippen LogP contribution is -2.20. The Morgan fingerprint density at radius 2 is 2.25 bits per heavy atom. The molecule has 0 N–H and O–H groups in total. The summed E-state index contributed by atoms with van der Waals surface area (Å²) in [7, 11) is 1.53. The Bertz CT molecular complexity index is 445. The summed E-state index contributed by atoms with van der Waals surface area (Å²) in [6.07, 6.45) is 0.183. The van der Waals surface area contributed by atoms with Crippen LogP contribution in [0.3, 0.4) is 0 Å². The molecule has 0 aliphatic carbocycles. The molecule has 4 nitrogen and oxygen atoms in total. The van der Waals surface area contributed by atoms with E-state index in [1.165, 1.54) is 19.2 Å². The molecule has 0 fully saturated rings. The van der Waals surface area contributed by atoms with E-state index in [-0.39, 0.29) is 24.6 Å². The highest BCUT2D eigenvalue weighted by Crippen LogP contribution is 2.23. The number of methoxy groups -OCH3 is 1. The van der Waals surface area contributed by atoms with E-state index in [1.54, 1.807) is 12.1 Å². The van der Waals surface area contributed by atoms with Crippen molar-refractivity contribution in [1.82, 2.24) is 0 Å². The maximum absolute atomic E-state index is 13.4. The number of amides is 1. The molecule has 0 spiro atoms. The van der Waals surface area contributed by atoms with Crippen molar-refractivity contribution in [2.24, 2.45) is 5.10 Å². The number of carbonyl (C=O) groups is 1. The number of halogens is 1. The predicted octanol–water partition coefficient (Wildman–Crippen LogP) is 1.56. The lowest BCUT2D eigenvalue weighted by Gasteiger charge is -2.11. The molecule has 1 aliphatic heterocycles. The lowest BCUT2D eigenvalue weighted by atomic mass is 10.2. The summed E-state index contributed by atoms with van der Waals surface area (Å²) in [4.78, 5) is 11.6. The summed E-state index contributed by atoms with van der Waals surface area (Å²) >= 11 is 0. The smallest absolute Gasteiger partial charge is 0.253 e. The van der Waals surface area contributed by atoms with Crippen LogP contribution in [-0.4, -0.2) is 25.3 Å². The van der Waals surface area contributed by atoms with Crippen LogP contribution < -0.4 is 5.01 Å². The van der Waals surface area contributed by atoms with E-state index < -0.39 is 5.82 Å². The molecule has 1 aliphatic rings. The Kier molecular flexibility index (Phi) is 2.96. The van der Waals surface area contributed by atoms with Crippen molar-refractivity contribution in [3.8, 4) is 0 Å². The lowest BCUT2D eigenvalue weighted by molar-refractivity contribution is -0.117. The maximum Gasteiger partial charge on any atom is 0.253 e. The summed E-state index contributed by atoms with van der Waals surface area (Å²) in [6.45, 7) is 0.288. The van der Waals surface area contributed by atoms with E-state index in [0.717, 1.165) is 5.01 Å².